The first-order chi connectivity index (χ1) is 7.02. The van der Waals surface area contributed by atoms with E-state index in [1.54, 1.807) is 7.05 Å². The van der Waals surface area contributed by atoms with Gasteiger partial charge in [-0.3, -0.25) is 9.59 Å². The number of para-hydroxylation sites is 1. The number of amides is 1. The Morgan fingerprint density at radius 2 is 1.87 bits per heavy atom. The van der Waals surface area contributed by atoms with Gasteiger partial charge in [0, 0.05) is 12.7 Å². The average molecular weight is 205 g/mol. The molecule has 0 N–H and O–H groups in total. The Labute approximate surface area is 89.7 Å². The van der Waals surface area contributed by atoms with Crippen LogP contribution in [-0.2, 0) is 9.59 Å². The van der Waals surface area contributed by atoms with Crippen molar-refractivity contribution in [2.75, 3.05) is 11.9 Å². The molecule has 0 fully saturated rings. The van der Waals surface area contributed by atoms with Gasteiger partial charge < -0.3 is 4.90 Å². The summed E-state index contributed by atoms with van der Waals surface area (Å²) in [6, 6.07) is 7.60. The first-order valence-electron chi connectivity index (χ1n) is 4.84. The van der Waals surface area contributed by atoms with Crippen LogP contribution in [0.5, 0.6) is 0 Å². The molecule has 0 aliphatic carbocycles. The summed E-state index contributed by atoms with van der Waals surface area (Å²) in [6.07, 6.45) is -0.0369. The molecule has 0 heterocycles. The molecule has 1 aromatic carbocycles. The van der Waals surface area contributed by atoms with Crippen molar-refractivity contribution in [3.05, 3.63) is 29.8 Å². The molecule has 0 spiro atoms. The Morgan fingerprint density at radius 3 is 2.40 bits per heavy atom. The van der Waals surface area contributed by atoms with E-state index in [9.17, 15) is 9.59 Å². The van der Waals surface area contributed by atoms with E-state index in [0.717, 1.165) is 11.3 Å². The summed E-state index contributed by atoms with van der Waals surface area (Å²) in [7, 11) is 1.69. The lowest BCUT2D eigenvalue weighted by Gasteiger charge is -2.18. The molecule has 1 amide bonds. The van der Waals surface area contributed by atoms with Crippen LogP contribution in [-0.4, -0.2) is 18.7 Å². The Hall–Kier alpha value is -1.64. The van der Waals surface area contributed by atoms with E-state index in [1.165, 1.54) is 11.8 Å². The Morgan fingerprint density at radius 1 is 1.27 bits per heavy atom. The smallest absolute Gasteiger partial charge is 0.234 e. The minimum atomic E-state index is -0.170. The Balaban J connectivity index is 2.85. The fraction of sp³-hybridized carbons (Fsp3) is 0.333. The van der Waals surface area contributed by atoms with Crippen LogP contribution in [0.2, 0.25) is 0 Å². The number of carbonyl (C=O) groups is 2. The predicted molar refractivity (Wildman–Crippen MR) is 59.9 cm³/mol. The molecule has 1 rings (SSSR count). The second-order valence-electron chi connectivity index (χ2n) is 3.62. The Kier molecular flexibility index (Phi) is 3.61. The third-order valence-electron chi connectivity index (χ3n) is 2.25. The number of Topliss-reactive ketones (excluding diaryl/α,β-unsaturated/α-hetero) is 1. The van der Waals surface area contributed by atoms with E-state index in [0.29, 0.717) is 0 Å². The van der Waals surface area contributed by atoms with Gasteiger partial charge in [0.2, 0.25) is 5.91 Å². The predicted octanol–water partition coefficient (Wildman–Crippen LogP) is 1.94. The maximum absolute atomic E-state index is 11.6. The quantitative estimate of drug-likeness (QED) is 0.707. The van der Waals surface area contributed by atoms with Crippen LogP contribution in [0.1, 0.15) is 18.9 Å². The van der Waals surface area contributed by atoms with E-state index in [4.69, 9.17) is 0 Å². The highest BCUT2D eigenvalue weighted by atomic mass is 16.2. The van der Waals surface area contributed by atoms with Gasteiger partial charge in [0.25, 0.3) is 0 Å². The summed E-state index contributed by atoms with van der Waals surface area (Å²) in [5.74, 6) is -0.280. The molecule has 0 radical (unpaired) electrons. The first kappa shape index (κ1) is 11.4. The molecule has 0 aliphatic rings. The number of hydrogen-bond acceptors (Lipinski definition) is 2. The van der Waals surface area contributed by atoms with Crippen molar-refractivity contribution in [2.24, 2.45) is 0 Å². The van der Waals surface area contributed by atoms with Crippen LogP contribution in [0, 0.1) is 6.92 Å². The van der Waals surface area contributed by atoms with Gasteiger partial charge in [0.1, 0.15) is 5.78 Å². The molecule has 0 aliphatic heterocycles. The van der Waals surface area contributed by atoms with Crippen molar-refractivity contribution in [3.63, 3.8) is 0 Å². The number of carbonyl (C=O) groups excluding carboxylic acids is 2. The zero-order chi connectivity index (χ0) is 11.4. The van der Waals surface area contributed by atoms with Crippen molar-refractivity contribution in [1.82, 2.24) is 0 Å². The minimum Gasteiger partial charge on any atom is -0.315 e. The van der Waals surface area contributed by atoms with Crippen LogP contribution in [0.25, 0.3) is 0 Å². The third kappa shape index (κ3) is 2.91. The molecular formula is C12H15NO2. The zero-order valence-corrected chi connectivity index (χ0v) is 9.28. The number of ketones is 1. The van der Waals surface area contributed by atoms with Crippen LogP contribution in [0.15, 0.2) is 24.3 Å². The highest BCUT2D eigenvalue weighted by Gasteiger charge is 2.13. The summed E-state index contributed by atoms with van der Waals surface area (Å²) in [6.45, 7) is 3.36. The molecule has 0 saturated heterocycles. The molecule has 1 aromatic rings. The molecule has 0 saturated carbocycles. The minimum absolute atomic E-state index is 0.0369. The molecule has 80 valence electrons. The summed E-state index contributed by atoms with van der Waals surface area (Å²) >= 11 is 0. The van der Waals surface area contributed by atoms with E-state index >= 15 is 0 Å². The summed E-state index contributed by atoms with van der Waals surface area (Å²) < 4.78 is 0. The third-order valence-corrected chi connectivity index (χ3v) is 2.25. The van der Waals surface area contributed by atoms with Crippen molar-refractivity contribution in [3.8, 4) is 0 Å². The normalized spacial score (nSPS) is 9.80. The number of rotatable bonds is 3. The molecule has 0 bridgehead atoms. The molecule has 3 heteroatoms. The van der Waals surface area contributed by atoms with E-state index in [-0.39, 0.29) is 18.1 Å². The standard InChI is InChI=1S/C12H15NO2/c1-9-6-4-5-7-11(9)13(3)12(15)8-10(2)14/h4-7H,8H2,1-3H3. The van der Waals surface area contributed by atoms with Gasteiger partial charge in [-0.25, -0.2) is 0 Å². The number of hydrogen-bond donors (Lipinski definition) is 0. The van der Waals surface area contributed by atoms with Gasteiger partial charge >= 0.3 is 0 Å². The molecule has 15 heavy (non-hydrogen) atoms. The largest absolute Gasteiger partial charge is 0.315 e. The summed E-state index contributed by atoms with van der Waals surface area (Å²) in [5, 5.41) is 0. The van der Waals surface area contributed by atoms with Crippen LogP contribution >= 0.6 is 0 Å². The first-order valence-corrected chi connectivity index (χ1v) is 4.84. The van der Waals surface area contributed by atoms with Gasteiger partial charge in [-0.2, -0.15) is 0 Å². The van der Waals surface area contributed by atoms with Gasteiger partial charge in [-0.05, 0) is 25.5 Å². The SMILES string of the molecule is CC(=O)CC(=O)N(C)c1ccccc1C. The van der Waals surface area contributed by atoms with Crippen molar-refractivity contribution >= 4 is 17.4 Å². The zero-order valence-electron chi connectivity index (χ0n) is 9.28. The highest BCUT2D eigenvalue weighted by molar-refractivity contribution is 6.04. The average Bonchev–Trinajstić information content (AvgIpc) is 2.16. The van der Waals surface area contributed by atoms with Crippen LogP contribution in [0.4, 0.5) is 5.69 Å². The lowest BCUT2D eigenvalue weighted by molar-refractivity contribution is -0.125. The Bertz CT molecular complexity index is 385. The maximum atomic E-state index is 11.6. The second kappa shape index (κ2) is 4.73. The monoisotopic (exact) mass is 205 g/mol. The maximum Gasteiger partial charge on any atom is 0.234 e. The number of anilines is 1. The van der Waals surface area contributed by atoms with Crippen LogP contribution in [0.3, 0.4) is 0 Å². The van der Waals surface area contributed by atoms with Crippen molar-refractivity contribution in [2.45, 2.75) is 20.3 Å². The fourth-order valence-electron chi connectivity index (χ4n) is 1.41. The topological polar surface area (TPSA) is 37.4 Å². The molecule has 3 nitrogen and oxygen atoms in total. The lowest BCUT2D eigenvalue weighted by atomic mass is 10.1. The van der Waals surface area contributed by atoms with Crippen molar-refractivity contribution in [1.29, 1.82) is 0 Å². The van der Waals surface area contributed by atoms with E-state index in [2.05, 4.69) is 0 Å². The highest BCUT2D eigenvalue weighted by Crippen LogP contribution is 2.18. The molecule has 0 atom stereocenters. The molecule has 0 aromatic heterocycles. The number of nitrogens with zero attached hydrogens (tertiary/aromatic N) is 1. The summed E-state index contributed by atoms with van der Waals surface area (Å²) in [4.78, 5) is 24.0. The van der Waals surface area contributed by atoms with Gasteiger partial charge in [-0.15, -0.1) is 0 Å². The lowest BCUT2D eigenvalue weighted by Crippen LogP contribution is -2.28. The second-order valence-corrected chi connectivity index (χ2v) is 3.62. The molecule has 0 unspecified atom stereocenters. The van der Waals surface area contributed by atoms with Gasteiger partial charge in [0.15, 0.2) is 0 Å². The summed E-state index contributed by atoms with van der Waals surface area (Å²) in [5.41, 5.74) is 1.88. The van der Waals surface area contributed by atoms with E-state index in [1.807, 2.05) is 31.2 Å². The fourth-order valence-corrected chi connectivity index (χ4v) is 1.41. The van der Waals surface area contributed by atoms with Crippen LogP contribution < -0.4 is 4.90 Å². The van der Waals surface area contributed by atoms with Crippen molar-refractivity contribution < 1.29 is 9.59 Å². The number of aryl methyl sites for hydroxylation is 1. The van der Waals surface area contributed by atoms with E-state index < -0.39 is 0 Å². The van der Waals surface area contributed by atoms with Gasteiger partial charge in [-0.1, -0.05) is 18.2 Å². The number of benzene rings is 1. The molecular weight excluding hydrogens is 190 g/mol. The van der Waals surface area contributed by atoms with Gasteiger partial charge in [0.05, 0.1) is 6.42 Å².